The Morgan fingerprint density at radius 3 is 1.27 bits per heavy atom. The molecule has 0 aromatic carbocycles. The molecule has 0 saturated carbocycles. The summed E-state index contributed by atoms with van der Waals surface area (Å²) in [6.45, 7) is 6.00. The molecule has 0 rings (SSSR count). The highest BCUT2D eigenvalue weighted by Crippen LogP contribution is 2.25. The van der Waals surface area contributed by atoms with Gasteiger partial charge in [0.05, 0.1) is 0 Å². The van der Waals surface area contributed by atoms with Crippen molar-refractivity contribution in [2.45, 2.75) is 38.9 Å². The number of hydrogen-bond acceptors (Lipinski definition) is 2. The van der Waals surface area contributed by atoms with Gasteiger partial charge in [0, 0.05) is 6.26 Å². The van der Waals surface area contributed by atoms with Crippen LogP contribution in [0.2, 0.25) is 18.1 Å². The topological polar surface area (TPSA) is 34.1 Å². The lowest BCUT2D eigenvalue weighted by Gasteiger charge is -2.24. The molecule has 68 valence electrons. The highest BCUT2D eigenvalue weighted by atomic mass is 32.4. The zero-order chi connectivity index (χ0) is 9.12. The Labute approximate surface area is 70.6 Å². The quantitative estimate of drug-likeness (QED) is 0.642. The van der Waals surface area contributed by atoms with Gasteiger partial charge < -0.3 is 0 Å². The molecule has 0 atom stereocenters. The van der Waals surface area contributed by atoms with Crippen molar-refractivity contribution in [3.63, 3.8) is 0 Å². The average Bonchev–Trinajstić information content (AvgIpc) is 1.90. The molecular weight excluding hydrogens is 176 g/mol. The largest absolute Gasteiger partial charge is 0.236 e. The van der Waals surface area contributed by atoms with Crippen molar-refractivity contribution >= 4 is 16.5 Å². The van der Waals surface area contributed by atoms with Crippen molar-refractivity contribution < 1.29 is 8.42 Å². The summed E-state index contributed by atoms with van der Waals surface area (Å²) in [7, 11) is -4.68. The molecule has 0 amide bonds. The van der Waals surface area contributed by atoms with Gasteiger partial charge in [0.2, 0.25) is 0 Å². The van der Waals surface area contributed by atoms with Gasteiger partial charge in [0.1, 0.15) is 9.29 Å². The Hall–Kier alpha value is 0.167. The molecule has 0 aliphatic carbocycles. The van der Waals surface area contributed by atoms with Gasteiger partial charge in [-0.1, -0.05) is 20.8 Å². The maximum Gasteiger partial charge on any atom is 0.194 e. The summed E-state index contributed by atoms with van der Waals surface area (Å²) in [6.07, 6.45) is 1.40. The molecular formula is C7H18O2SSi. The minimum atomic E-state index is -2.74. The zero-order valence-corrected chi connectivity index (χ0v) is 9.66. The van der Waals surface area contributed by atoms with Crippen molar-refractivity contribution in [2.75, 3.05) is 6.26 Å². The molecule has 0 radical (unpaired) electrons. The van der Waals surface area contributed by atoms with Gasteiger partial charge in [-0.15, -0.1) is 0 Å². The van der Waals surface area contributed by atoms with E-state index < -0.39 is 16.5 Å². The van der Waals surface area contributed by atoms with Crippen molar-refractivity contribution in [1.29, 1.82) is 0 Å². The summed E-state index contributed by atoms with van der Waals surface area (Å²) in [6, 6.07) is 2.58. The molecule has 0 saturated heterocycles. The molecule has 0 aromatic rings. The third-order valence-electron chi connectivity index (χ3n) is 2.72. The minimum absolute atomic E-state index is 0.860. The third kappa shape index (κ3) is 2.05. The lowest BCUT2D eigenvalue weighted by molar-refractivity contribution is 0.611. The van der Waals surface area contributed by atoms with Crippen LogP contribution in [0.3, 0.4) is 0 Å². The first-order valence-electron chi connectivity index (χ1n) is 4.13. The van der Waals surface area contributed by atoms with E-state index >= 15 is 0 Å². The van der Waals surface area contributed by atoms with E-state index in [2.05, 4.69) is 0 Å². The maximum atomic E-state index is 11.4. The van der Waals surface area contributed by atoms with E-state index in [0.29, 0.717) is 0 Å². The normalized spacial score (nSPS) is 13.5. The molecule has 0 spiro atoms. The molecule has 11 heavy (non-hydrogen) atoms. The fraction of sp³-hybridized carbons (Fsp3) is 1.00. The van der Waals surface area contributed by atoms with E-state index in [0.717, 1.165) is 18.1 Å². The van der Waals surface area contributed by atoms with Crippen LogP contribution < -0.4 is 0 Å². The van der Waals surface area contributed by atoms with Crippen molar-refractivity contribution in [3.8, 4) is 0 Å². The van der Waals surface area contributed by atoms with Crippen LogP contribution in [0.5, 0.6) is 0 Å². The van der Waals surface area contributed by atoms with Crippen LogP contribution in [0.15, 0.2) is 0 Å². The van der Waals surface area contributed by atoms with E-state index in [1.807, 2.05) is 20.8 Å². The molecule has 0 bridgehead atoms. The summed E-state index contributed by atoms with van der Waals surface area (Å²) >= 11 is 0. The molecule has 0 heterocycles. The van der Waals surface area contributed by atoms with Gasteiger partial charge in [-0.05, 0) is 18.1 Å². The van der Waals surface area contributed by atoms with Crippen LogP contribution in [0, 0.1) is 0 Å². The van der Waals surface area contributed by atoms with Crippen molar-refractivity contribution in [1.82, 2.24) is 0 Å². The van der Waals surface area contributed by atoms with Gasteiger partial charge in [0.25, 0.3) is 0 Å². The van der Waals surface area contributed by atoms with Crippen LogP contribution in [0.4, 0.5) is 0 Å². The Morgan fingerprint density at radius 2 is 1.27 bits per heavy atom. The Bertz CT molecular complexity index is 196. The molecule has 0 aromatic heterocycles. The SMILES string of the molecule is CC[Si](CC)(CC)S(C)(=O)=O. The second-order valence-corrected chi connectivity index (χ2v) is 13.9. The summed E-state index contributed by atoms with van der Waals surface area (Å²) in [5.41, 5.74) is 0. The van der Waals surface area contributed by atoms with E-state index in [1.165, 1.54) is 6.26 Å². The third-order valence-corrected chi connectivity index (χ3v) is 15.5. The molecule has 2 nitrogen and oxygen atoms in total. The Kier molecular flexibility index (Phi) is 3.77. The van der Waals surface area contributed by atoms with Gasteiger partial charge in [-0.3, -0.25) is 0 Å². The molecule has 0 N–H and O–H groups in total. The summed E-state index contributed by atoms with van der Waals surface area (Å²) in [4.78, 5) is 0. The fourth-order valence-electron chi connectivity index (χ4n) is 1.54. The van der Waals surface area contributed by atoms with Gasteiger partial charge >= 0.3 is 0 Å². The van der Waals surface area contributed by atoms with E-state index in [1.54, 1.807) is 0 Å². The van der Waals surface area contributed by atoms with Gasteiger partial charge in [-0.25, -0.2) is 8.42 Å². The van der Waals surface area contributed by atoms with Crippen LogP contribution in [-0.4, -0.2) is 21.9 Å². The first-order valence-corrected chi connectivity index (χ1v) is 9.37. The summed E-state index contributed by atoms with van der Waals surface area (Å²) in [5.74, 6) is 0. The predicted molar refractivity (Wildman–Crippen MR) is 52.0 cm³/mol. The van der Waals surface area contributed by atoms with Crippen LogP contribution >= 0.6 is 0 Å². The fourth-order valence-corrected chi connectivity index (χ4v) is 9.33. The van der Waals surface area contributed by atoms with Gasteiger partial charge in [-0.2, -0.15) is 0 Å². The number of hydrogen-bond donors (Lipinski definition) is 0. The van der Waals surface area contributed by atoms with Gasteiger partial charge in [0.15, 0.2) is 7.22 Å². The molecule has 0 aliphatic rings. The average molecular weight is 194 g/mol. The van der Waals surface area contributed by atoms with E-state index in [-0.39, 0.29) is 0 Å². The van der Waals surface area contributed by atoms with Crippen molar-refractivity contribution in [3.05, 3.63) is 0 Å². The van der Waals surface area contributed by atoms with E-state index in [9.17, 15) is 8.42 Å². The van der Waals surface area contributed by atoms with Crippen LogP contribution in [0.1, 0.15) is 20.8 Å². The predicted octanol–water partition coefficient (Wildman–Crippen LogP) is 2.04. The zero-order valence-electron chi connectivity index (χ0n) is 7.85. The first kappa shape index (κ1) is 11.2. The molecule has 0 aliphatic heterocycles. The molecule has 0 unspecified atom stereocenters. The number of rotatable bonds is 4. The smallest absolute Gasteiger partial charge is 0.194 e. The van der Waals surface area contributed by atoms with Crippen LogP contribution in [0.25, 0.3) is 0 Å². The second-order valence-electron chi connectivity index (χ2n) is 3.02. The highest BCUT2D eigenvalue weighted by Gasteiger charge is 2.38. The van der Waals surface area contributed by atoms with E-state index in [4.69, 9.17) is 0 Å². The standard InChI is InChI=1S/C7H18O2SSi/c1-5-11(6-2,7-3)10(4,8)9/h5-7H2,1-4H3. The molecule has 4 heteroatoms. The lowest BCUT2D eigenvalue weighted by Crippen LogP contribution is -2.41. The lowest BCUT2D eigenvalue weighted by atomic mass is 10.9. The Morgan fingerprint density at radius 1 is 1.00 bits per heavy atom. The van der Waals surface area contributed by atoms with Crippen molar-refractivity contribution in [2.24, 2.45) is 0 Å². The molecule has 0 fully saturated rings. The Balaban J connectivity index is 4.86. The maximum absolute atomic E-state index is 11.4. The first-order chi connectivity index (χ1) is 4.93. The monoisotopic (exact) mass is 194 g/mol. The summed E-state index contributed by atoms with van der Waals surface area (Å²) < 4.78 is 22.8. The minimum Gasteiger partial charge on any atom is -0.236 e. The second kappa shape index (κ2) is 3.71. The van der Waals surface area contributed by atoms with Crippen LogP contribution in [-0.2, 0) is 9.29 Å². The highest BCUT2D eigenvalue weighted by molar-refractivity contribution is 8.21. The summed E-state index contributed by atoms with van der Waals surface area (Å²) in [5, 5.41) is 0.